The molecule has 0 fully saturated rings. The highest BCUT2D eigenvalue weighted by Crippen LogP contribution is 2.14. The molecule has 1 N–H and O–H groups in total. The number of hydrogen-bond donors (Lipinski definition) is 1. The Morgan fingerprint density at radius 1 is 1.11 bits per heavy atom. The lowest BCUT2D eigenvalue weighted by molar-refractivity contribution is -0.122. The molecule has 1 aromatic rings. The maximum atomic E-state index is 11.9. The van der Waals surface area contributed by atoms with E-state index < -0.39 is 0 Å². The van der Waals surface area contributed by atoms with Gasteiger partial charge in [0.25, 0.3) is 0 Å². The van der Waals surface area contributed by atoms with E-state index >= 15 is 0 Å². The maximum Gasteiger partial charge on any atom is 0.221 e. The van der Waals surface area contributed by atoms with E-state index in [1.165, 1.54) is 11.1 Å². The molecule has 0 aromatic heterocycles. The molecule has 1 atom stereocenters. The average Bonchev–Trinajstić information content (AvgIpc) is 2.65. The minimum Gasteiger partial charge on any atom is -0.381 e. The van der Waals surface area contributed by atoms with Crippen LogP contribution in [0.5, 0.6) is 0 Å². The number of amides is 1. The van der Waals surface area contributed by atoms with Gasteiger partial charge >= 0.3 is 0 Å². The number of nitrogens with one attached hydrogen (secondary N) is 1. The Morgan fingerprint density at radius 2 is 1.71 bits per heavy atom. The zero-order valence-corrected chi connectivity index (χ0v) is 19.0. The van der Waals surface area contributed by atoms with Crippen LogP contribution < -0.4 is 5.32 Å². The number of hydrogen-bond acceptors (Lipinski definition) is 4. The number of benzene rings is 1. The number of aryl methyl sites for hydroxylation is 2. The number of thioether (sulfide) groups is 1. The predicted octanol–water partition coefficient (Wildman–Crippen LogP) is 4.58. The van der Waals surface area contributed by atoms with Crippen LogP contribution in [-0.4, -0.2) is 41.9 Å². The van der Waals surface area contributed by atoms with Crippen molar-refractivity contribution in [2.45, 2.75) is 77.9 Å². The van der Waals surface area contributed by atoms with Gasteiger partial charge in [-0.1, -0.05) is 31.2 Å². The van der Waals surface area contributed by atoms with Crippen LogP contribution >= 0.6 is 11.8 Å². The molecule has 0 aliphatic rings. The van der Waals surface area contributed by atoms with Gasteiger partial charge in [0, 0.05) is 31.2 Å². The van der Waals surface area contributed by atoms with Crippen molar-refractivity contribution in [3.05, 3.63) is 35.4 Å². The zero-order valence-electron chi connectivity index (χ0n) is 18.2. The van der Waals surface area contributed by atoms with Crippen LogP contribution in [0.1, 0.15) is 64.5 Å². The molecule has 1 rings (SSSR count). The van der Waals surface area contributed by atoms with E-state index in [0.29, 0.717) is 12.8 Å². The topological polar surface area (TPSA) is 55.4 Å². The lowest BCUT2D eigenvalue weighted by atomic mass is 10.0. The van der Waals surface area contributed by atoms with Crippen molar-refractivity contribution in [3.8, 4) is 0 Å². The Balaban J connectivity index is 2.24. The molecule has 0 heterocycles. The first-order chi connectivity index (χ1) is 13.3. The summed E-state index contributed by atoms with van der Waals surface area (Å²) in [5.41, 5.74) is 2.48. The smallest absolute Gasteiger partial charge is 0.221 e. The second-order valence-electron chi connectivity index (χ2n) is 8.02. The molecule has 5 heteroatoms. The summed E-state index contributed by atoms with van der Waals surface area (Å²) in [6, 6.07) is 8.69. The number of carbonyl (C=O) groups excluding carboxylic acids is 2. The summed E-state index contributed by atoms with van der Waals surface area (Å²) in [6.07, 6.45) is 4.80. The average molecular weight is 408 g/mol. The van der Waals surface area contributed by atoms with Crippen LogP contribution in [0.15, 0.2) is 24.3 Å². The minimum absolute atomic E-state index is 0.00804. The molecule has 28 heavy (non-hydrogen) atoms. The number of rotatable bonds is 14. The highest BCUT2D eigenvalue weighted by atomic mass is 32.2. The van der Waals surface area contributed by atoms with E-state index in [1.807, 2.05) is 11.8 Å². The number of ketones is 1. The lowest BCUT2D eigenvalue weighted by Crippen LogP contribution is -2.42. The number of ether oxygens (including phenoxy) is 1. The fraction of sp³-hybridized carbons (Fsp3) is 0.652. The van der Waals surface area contributed by atoms with Crippen molar-refractivity contribution in [1.82, 2.24) is 5.32 Å². The summed E-state index contributed by atoms with van der Waals surface area (Å²) in [5, 5.41) is 3.08. The summed E-state index contributed by atoms with van der Waals surface area (Å²) in [4.78, 5) is 23.2. The van der Waals surface area contributed by atoms with Gasteiger partial charge in [0.2, 0.25) is 5.91 Å². The highest BCUT2D eigenvalue weighted by molar-refractivity contribution is 7.99. The number of methoxy groups -OCH3 is 1. The predicted molar refractivity (Wildman–Crippen MR) is 119 cm³/mol. The van der Waals surface area contributed by atoms with Crippen LogP contribution in [0.25, 0.3) is 0 Å². The molecule has 0 aliphatic heterocycles. The molecule has 1 aromatic carbocycles. The number of Topliss-reactive ketones (excluding diaryl/α,β-unsaturated/α-hetero) is 1. The first-order valence-electron chi connectivity index (χ1n) is 10.2. The summed E-state index contributed by atoms with van der Waals surface area (Å²) in [7, 11) is 1.67. The first-order valence-corrected chi connectivity index (χ1v) is 11.4. The van der Waals surface area contributed by atoms with Gasteiger partial charge in [-0.2, -0.15) is 11.8 Å². The lowest BCUT2D eigenvalue weighted by Gasteiger charge is -2.24. The van der Waals surface area contributed by atoms with Crippen LogP contribution in [0.3, 0.4) is 0 Å². The van der Waals surface area contributed by atoms with Gasteiger partial charge in [-0.3, -0.25) is 9.59 Å². The molecule has 1 amide bonds. The van der Waals surface area contributed by atoms with Crippen LogP contribution in [0.2, 0.25) is 0 Å². The highest BCUT2D eigenvalue weighted by Gasteiger charge is 2.17. The molecule has 1 unspecified atom stereocenters. The van der Waals surface area contributed by atoms with Gasteiger partial charge in [-0.15, -0.1) is 0 Å². The van der Waals surface area contributed by atoms with Crippen molar-refractivity contribution in [3.63, 3.8) is 0 Å². The Morgan fingerprint density at radius 3 is 2.25 bits per heavy atom. The van der Waals surface area contributed by atoms with Crippen LogP contribution in [0, 0.1) is 0 Å². The van der Waals surface area contributed by atoms with Gasteiger partial charge in [-0.25, -0.2) is 0 Å². The van der Waals surface area contributed by atoms with E-state index in [-0.39, 0.29) is 23.3 Å². The quantitative estimate of drug-likeness (QED) is 0.459. The van der Waals surface area contributed by atoms with Gasteiger partial charge in [-0.05, 0) is 63.3 Å². The summed E-state index contributed by atoms with van der Waals surface area (Å²) in [6.45, 7) is 7.81. The van der Waals surface area contributed by atoms with E-state index in [1.54, 1.807) is 14.0 Å². The molecular formula is C23H37NO3S. The van der Waals surface area contributed by atoms with Gasteiger partial charge in [0.15, 0.2) is 0 Å². The van der Waals surface area contributed by atoms with Crippen molar-refractivity contribution < 1.29 is 14.3 Å². The Labute approximate surface area is 175 Å². The monoisotopic (exact) mass is 407 g/mol. The molecule has 158 valence electrons. The fourth-order valence-corrected chi connectivity index (χ4v) is 3.72. The molecule has 0 saturated carbocycles. The van der Waals surface area contributed by atoms with Crippen molar-refractivity contribution in [2.24, 2.45) is 0 Å². The zero-order chi connectivity index (χ0) is 21.0. The van der Waals surface area contributed by atoms with E-state index in [0.717, 1.165) is 37.2 Å². The van der Waals surface area contributed by atoms with E-state index in [2.05, 4.69) is 50.4 Å². The van der Waals surface area contributed by atoms with Crippen molar-refractivity contribution in [2.75, 3.05) is 18.6 Å². The van der Waals surface area contributed by atoms with Crippen LogP contribution in [-0.2, 0) is 27.2 Å². The summed E-state index contributed by atoms with van der Waals surface area (Å²) >= 11 is 1.83. The van der Waals surface area contributed by atoms with Crippen molar-refractivity contribution >= 4 is 23.5 Å². The molecular weight excluding hydrogens is 370 g/mol. The standard InChI is InChI=1S/C23H37NO3S/c1-6-23(3,4)24-22(26)14-16-28-15-13-20-9-7-19(8-10-20)11-12-21(27-5)17-18(2)25/h7-10,21H,6,11-17H2,1-5H3,(H,24,26). The SMILES string of the molecule is CCC(C)(C)NC(=O)CCSCCc1ccc(CCC(CC(C)=O)OC)cc1. The Bertz CT molecular complexity index is 598. The molecule has 0 bridgehead atoms. The molecule has 0 spiro atoms. The third-order valence-electron chi connectivity index (χ3n) is 5.00. The Kier molecular flexibility index (Phi) is 11.5. The van der Waals surface area contributed by atoms with Gasteiger partial charge < -0.3 is 10.1 Å². The first kappa shape index (κ1) is 24.7. The normalized spacial score (nSPS) is 12.6. The van der Waals surface area contributed by atoms with E-state index in [4.69, 9.17) is 4.74 Å². The Hall–Kier alpha value is -1.33. The van der Waals surface area contributed by atoms with Crippen LogP contribution in [0.4, 0.5) is 0 Å². The van der Waals surface area contributed by atoms with Gasteiger partial charge in [0.05, 0.1) is 6.10 Å². The molecule has 0 radical (unpaired) electrons. The van der Waals surface area contributed by atoms with E-state index in [9.17, 15) is 9.59 Å². The maximum absolute atomic E-state index is 11.9. The third kappa shape index (κ3) is 10.9. The second kappa shape index (κ2) is 13.0. The third-order valence-corrected chi connectivity index (χ3v) is 5.98. The molecule has 0 aliphatic carbocycles. The number of carbonyl (C=O) groups is 2. The minimum atomic E-state index is -0.112. The summed E-state index contributed by atoms with van der Waals surface area (Å²) < 4.78 is 5.38. The largest absolute Gasteiger partial charge is 0.381 e. The fourth-order valence-electron chi connectivity index (χ4n) is 2.81. The van der Waals surface area contributed by atoms with Crippen molar-refractivity contribution in [1.29, 1.82) is 0 Å². The molecule has 0 saturated heterocycles. The van der Waals surface area contributed by atoms with Gasteiger partial charge in [0.1, 0.15) is 5.78 Å². The molecule has 4 nitrogen and oxygen atoms in total. The summed E-state index contributed by atoms with van der Waals surface area (Å²) in [5.74, 6) is 2.20. The second-order valence-corrected chi connectivity index (χ2v) is 9.24.